The Hall–Kier alpha value is -1.28. The molecule has 2 heterocycles. The van der Waals surface area contributed by atoms with Crippen molar-refractivity contribution in [1.82, 2.24) is 9.88 Å². The number of nitrogen functional groups attached to an aromatic ring is 1. The number of aliphatic hydroxyl groups is 1. The van der Waals surface area contributed by atoms with Crippen LogP contribution in [0.1, 0.15) is 22.9 Å². The van der Waals surface area contributed by atoms with Crippen LogP contribution in [0.15, 0.2) is 24.4 Å². The number of hydrogen-bond acceptors (Lipinski definition) is 5. The standard InChI is InChI=1S/C14H15F2N3OS.ClH/c15-11-2-1-8(3-12(11)16)13-4-9(20)6-19(13)7-10-5-18-14(17)21-10;/h1-3,5,9,13,20H,4,6-7H2,(H2,17,18);1H. The third kappa shape index (κ3) is 3.55. The topological polar surface area (TPSA) is 62.4 Å². The molecule has 3 rings (SSSR count). The lowest BCUT2D eigenvalue weighted by molar-refractivity contribution is 0.173. The van der Waals surface area contributed by atoms with Crippen molar-refractivity contribution in [2.45, 2.75) is 25.1 Å². The Labute approximate surface area is 137 Å². The molecule has 2 unspecified atom stereocenters. The van der Waals surface area contributed by atoms with Crippen molar-refractivity contribution in [3.63, 3.8) is 0 Å². The van der Waals surface area contributed by atoms with Crippen molar-refractivity contribution in [1.29, 1.82) is 0 Å². The zero-order valence-corrected chi connectivity index (χ0v) is 13.2. The van der Waals surface area contributed by atoms with E-state index in [0.29, 0.717) is 30.2 Å². The Morgan fingerprint density at radius 2 is 2.14 bits per heavy atom. The monoisotopic (exact) mass is 347 g/mol. The number of nitrogens with zero attached hydrogens (tertiary/aromatic N) is 2. The number of thiazole rings is 1. The summed E-state index contributed by atoms with van der Waals surface area (Å²) in [6.45, 7) is 1.07. The lowest BCUT2D eigenvalue weighted by Gasteiger charge is -2.23. The Balaban J connectivity index is 0.00000176. The molecule has 8 heteroatoms. The Bertz CT molecular complexity index is 655. The van der Waals surface area contributed by atoms with Crippen molar-refractivity contribution in [3.8, 4) is 0 Å². The Morgan fingerprint density at radius 3 is 2.77 bits per heavy atom. The zero-order valence-electron chi connectivity index (χ0n) is 11.6. The first-order valence-corrected chi connectivity index (χ1v) is 7.42. The fourth-order valence-corrected chi connectivity index (χ4v) is 3.43. The molecule has 0 bridgehead atoms. The second-order valence-electron chi connectivity index (χ2n) is 5.17. The summed E-state index contributed by atoms with van der Waals surface area (Å²) in [5.41, 5.74) is 6.28. The summed E-state index contributed by atoms with van der Waals surface area (Å²) in [5.74, 6) is -1.73. The largest absolute Gasteiger partial charge is 0.392 e. The molecular formula is C14H16ClF2N3OS. The molecule has 2 aromatic rings. The van der Waals surface area contributed by atoms with Gasteiger partial charge in [0.25, 0.3) is 0 Å². The van der Waals surface area contributed by atoms with Crippen LogP contribution in [-0.2, 0) is 6.54 Å². The van der Waals surface area contributed by atoms with Crippen molar-refractivity contribution >= 4 is 28.9 Å². The number of aliphatic hydroxyl groups excluding tert-OH is 1. The highest BCUT2D eigenvalue weighted by molar-refractivity contribution is 7.15. The van der Waals surface area contributed by atoms with Gasteiger partial charge in [-0.1, -0.05) is 6.07 Å². The molecule has 3 N–H and O–H groups in total. The first-order chi connectivity index (χ1) is 10.0. The lowest BCUT2D eigenvalue weighted by Crippen LogP contribution is -2.24. The van der Waals surface area contributed by atoms with Crippen molar-refractivity contribution in [3.05, 3.63) is 46.5 Å². The van der Waals surface area contributed by atoms with E-state index in [0.717, 1.165) is 10.9 Å². The number of hydrogen-bond donors (Lipinski definition) is 2. The van der Waals surface area contributed by atoms with Gasteiger partial charge in [-0.05, 0) is 24.1 Å². The van der Waals surface area contributed by atoms with Crippen LogP contribution in [0.3, 0.4) is 0 Å². The molecule has 0 saturated carbocycles. The fourth-order valence-electron chi connectivity index (χ4n) is 2.72. The molecule has 120 valence electrons. The van der Waals surface area contributed by atoms with E-state index in [1.807, 2.05) is 4.90 Å². The predicted octanol–water partition coefficient (Wildman–Crippen LogP) is 2.73. The van der Waals surface area contributed by atoms with Gasteiger partial charge in [0.2, 0.25) is 0 Å². The summed E-state index contributed by atoms with van der Waals surface area (Å²) in [6.07, 6.45) is 1.72. The number of halogens is 3. The number of β-amino-alcohol motifs (C(OH)–C–C–N with tert-alkyl or cyclic N) is 1. The van der Waals surface area contributed by atoms with Crippen LogP contribution in [0.2, 0.25) is 0 Å². The van der Waals surface area contributed by atoms with Crippen LogP contribution in [0.5, 0.6) is 0 Å². The maximum absolute atomic E-state index is 13.4. The van der Waals surface area contributed by atoms with E-state index in [1.54, 1.807) is 12.3 Å². The van der Waals surface area contributed by atoms with Gasteiger partial charge < -0.3 is 10.8 Å². The fraction of sp³-hybridized carbons (Fsp3) is 0.357. The summed E-state index contributed by atoms with van der Waals surface area (Å²) in [5, 5.41) is 10.4. The third-order valence-electron chi connectivity index (χ3n) is 3.64. The molecule has 0 radical (unpaired) electrons. The number of benzene rings is 1. The Morgan fingerprint density at radius 1 is 1.36 bits per heavy atom. The normalized spacial score (nSPS) is 21.8. The maximum Gasteiger partial charge on any atom is 0.180 e. The molecule has 1 aromatic carbocycles. The van der Waals surface area contributed by atoms with Crippen LogP contribution < -0.4 is 5.73 Å². The summed E-state index contributed by atoms with van der Waals surface area (Å²) in [7, 11) is 0. The van der Waals surface area contributed by atoms with E-state index in [9.17, 15) is 13.9 Å². The number of rotatable bonds is 3. The quantitative estimate of drug-likeness (QED) is 0.896. The SMILES string of the molecule is Cl.Nc1ncc(CN2CC(O)CC2c2ccc(F)c(F)c2)s1. The molecule has 0 amide bonds. The van der Waals surface area contributed by atoms with E-state index in [1.165, 1.54) is 17.4 Å². The number of anilines is 1. The minimum Gasteiger partial charge on any atom is -0.392 e. The van der Waals surface area contributed by atoms with E-state index in [2.05, 4.69) is 4.98 Å². The van der Waals surface area contributed by atoms with Gasteiger partial charge in [0.15, 0.2) is 16.8 Å². The smallest absolute Gasteiger partial charge is 0.180 e. The molecule has 1 fully saturated rings. The van der Waals surface area contributed by atoms with Crippen molar-refractivity contribution < 1.29 is 13.9 Å². The van der Waals surface area contributed by atoms with Gasteiger partial charge >= 0.3 is 0 Å². The van der Waals surface area contributed by atoms with Gasteiger partial charge in [-0.25, -0.2) is 13.8 Å². The number of nitrogens with two attached hydrogens (primary N) is 1. The van der Waals surface area contributed by atoms with Crippen LogP contribution in [-0.4, -0.2) is 27.6 Å². The molecule has 1 aromatic heterocycles. The van der Waals surface area contributed by atoms with Crippen LogP contribution in [0.25, 0.3) is 0 Å². The second-order valence-corrected chi connectivity index (χ2v) is 6.32. The molecule has 1 aliphatic rings. The third-order valence-corrected chi connectivity index (χ3v) is 4.45. The number of aromatic nitrogens is 1. The highest BCUT2D eigenvalue weighted by Gasteiger charge is 2.32. The van der Waals surface area contributed by atoms with Crippen LogP contribution in [0, 0.1) is 11.6 Å². The molecular weight excluding hydrogens is 332 g/mol. The van der Waals surface area contributed by atoms with Gasteiger partial charge in [-0.3, -0.25) is 4.90 Å². The molecule has 22 heavy (non-hydrogen) atoms. The van der Waals surface area contributed by atoms with Crippen molar-refractivity contribution in [2.75, 3.05) is 12.3 Å². The van der Waals surface area contributed by atoms with Crippen LogP contribution >= 0.6 is 23.7 Å². The van der Waals surface area contributed by atoms with E-state index >= 15 is 0 Å². The van der Waals surface area contributed by atoms with E-state index in [-0.39, 0.29) is 18.4 Å². The minimum absolute atomic E-state index is 0. The predicted molar refractivity (Wildman–Crippen MR) is 83.9 cm³/mol. The average Bonchev–Trinajstić information content (AvgIpc) is 3.00. The van der Waals surface area contributed by atoms with Gasteiger partial charge in [0.05, 0.1) is 6.10 Å². The molecule has 0 aliphatic carbocycles. The van der Waals surface area contributed by atoms with E-state index < -0.39 is 17.7 Å². The van der Waals surface area contributed by atoms with Crippen LogP contribution in [0.4, 0.5) is 13.9 Å². The summed E-state index contributed by atoms with van der Waals surface area (Å²) >= 11 is 1.39. The summed E-state index contributed by atoms with van der Waals surface area (Å²) < 4.78 is 26.5. The van der Waals surface area contributed by atoms with E-state index in [4.69, 9.17) is 5.73 Å². The molecule has 0 spiro atoms. The highest BCUT2D eigenvalue weighted by atomic mass is 35.5. The average molecular weight is 348 g/mol. The van der Waals surface area contributed by atoms with Gasteiger partial charge in [0, 0.05) is 30.2 Å². The van der Waals surface area contributed by atoms with Gasteiger partial charge in [-0.2, -0.15) is 0 Å². The summed E-state index contributed by atoms with van der Waals surface area (Å²) in [6, 6.07) is 3.75. The molecule has 4 nitrogen and oxygen atoms in total. The first-order valence-electron chi connectivity index (χ1n) is 6.60. The first kappa shape index (κ1) is 17.1. The summed E-state index contributed by atoms with van der Waals surface area (Å²) in [4.78, 5) is 7.01. The number of likely N-dealkylation sites (tertiary alicyclic amines) is 1. The molecule has 2 atom stereocenters. The van der Waals surface area contributed by atoms with Crippen molar-refractivity contribution in [2.24, 2.45) is 0 Å². The van der Waals surface area contributed by atoms with Gasteiger partial charge in [0.1, 0.15) is 0 Å². The lowest BCUT2D eigenvalue weighted by atomic mass is 10.0. The molecule has 1 saturated heterocycles. The Kier molecular flexibility index (Phi) is 5.33. The zero-order chi connectivity index (χ0) is 15.0. The highest BCUT2D eigenvalue weighted by Crippen LogP contribution is 2.34. The van der Waals surface area contributed by atoms with Gasteiger partial charge in [-0.15, -0.1) is 23.7 Å². The second kappa shape index (κ2) is 6.87. The molecule has 1 aliphatic heterocycles. The minimum atomic E-state index is -0.865. The maximum atomic E-state index is 13.4.